The van der Waals surface area contributed by atoms with E-state index in [2.05, 4.69) is 12.1 Å². The van der Waals surface area contributed by atoms with Gasteiger partial charge in [-0.2, -0.15) is 0 Å². The van der Waals surface area contributed by atoms with E-state index in [1.165, 1.54) is 11.1 Å². The van der Waals surface area contributed by atoms with Crippen molar-refractivity contribution < 1.29 is 23.7 Å². The maximum absolute atomic E-state index is 6.05. The zero-order chi connectivity index (χ0) is 22.5. The van der Waals surface area contributed by atoms with Crippen LogP contribution < -0.4 is 29.4 Å². The maximum atomic E-state index is 6.05. The van der Waals surface area contributed by atoms with Gasteiger partial charge >= 0.3 is 0 Å². The lowest BCUT2D eigenvalue weighted by molar-refractivity contribution is 0.323. The van der Waals surface area contributed by atoms with Gasteiger partial charge in [0.15, 0.2) is 23.0 Å². The summed E-state index contributed by atoms with van der Waals surface area (Å²) in [6.07, 6.45) is 2.11. The third-order valence-corrected chi connectivity index (χ3v) is 7.83. The zero-order valence-corrected chi connectivity index (χ0v) is 20.5. The van der Waals surface area contributed by atoms with Crippen molar-refractivity contribution in [2.45, 2.75) is 40.5 Å². The average molecular weight is 466 g/mol. The minimum absolute atomic E-state index is 0.0444. The third-order valence-electron chi connectivity index (χ3n) is 5.23. The molecule has 0 aliphatic carbocycles. The van der Waals surface area contributed by atoms with Crippen LogP contribution in [0.5, 0.6) is 28.7 Å². The molecule has 6 nitrogen and oxygen atoms in total. The van der Waals surface area contributed by atoms with Crippen LogP contribution in [0.15, 0.2) is 29.2 Å². The zero-order valence-electron chi connectivity index (χ0n) is 18.9. The topological polar surface area (TPSA) is 72.2 Å². The molecule has 2 aromatic carbocycles. The van der Waals surface area contributed by atoms with Gasteiger partial charge in [0.1, 0.15) is 0 Å². The molecule has 8 heteroatoms. The maximum Gasteiger partial charge on any atom is 0.203 e. The second kappa shape index (κ2) is 10.6. The van der Waals surface area contributed by atoms with Gasteiger partial charge in [-0.15, -0.1) is 23.5 Å². The first-order valence-electron chi connectivity index (χ1n) is 10.1. The van der Waals surface area contributed by atoms with Gasteiger partial charge in [0.25, 0.3) is 0 Å². The molecule has 0 aromatic heterocycles. The molecule has 1 saturated heterocycles. The Bertz CT molecular complexity index is 881. The molecular formula is C23H31NO5S2. The van der Waals surface area contributed by atoms with Crippen LogP contribution >= 0.6 is 23.5 Å². The van der Waals surface area contributed by atoms with Crippen LogP contribution in [0.25, 0.3) is 0 Å². The van der Waals surface area contributed by atoms with Crippen LogP contribution in [-0.4, -0.2) is 40.9 Å². The fourth-order valence-electron chi connectivity index (χ4n) is 3.84. The minimum Gasteiger partial charge on any atom is -0.493 e. The standard InChI is InChI=1S/C23H31NO5S2/c1-13(24)30-21-12-15(11-18(27-4)23(21)29-6)20-8-7-19(31-20)14-9-16(25-2)22(28-5)17(10-14)26-3/h9-13,19-20H,7-8,24H2,1-6H3/t13?,19-,20-/m0/s1. The molecule has 0 radical (unpaired) electrons. The van der Waals surface area contributed by atoms with Crippen molar-refractivity contribution in [3.05, 3.63) is 35.4 Å². The fourth-order valence-corrected chi connectivity index (χ4v) is 6.26. The molecule has 0 spiro atoms. The normalized spacial score (nSPS) is 19.1. The van der Waals surface area contributed by atoms with Crippen molar-refractivity contribution >= 4 is 23.5 Å². The van der Waals surface area contributed by atoms with Crippen LogP contribution in [0.2, 0.25) is 0 Å². The average Bonchev–Trinajstić information content (AvgIpc) is 3.27. The number of nitrogens with two attached hydrogens (primary N) is 1. The SMILES string of the molecule is COc1cc([C@@H]2CC[C@@H](c3cc(OC)c(OC)c(SC(C)N)c3)S2)cc(OC)c1OC. The first kappa shape index (κ1) is 23.8. The Balaban J connectivity index is 1.90. The van der Waals surface area contributed by atoms with Gasteiger partial charge < -0.3 is 29.4 Å². The van der Waals surface area contributed by atoms with E-state index >= 15 is 0 Å². The number of ether oxygens (including phenoxy) is 5. The van der Waals surface area contributed by atoms with E-state index in [0.29, 0.717) is 27.7 Å². The summed E-state index contributed by atoms with van der Waals surface area (Å²) in [4.78, 5) is 1.00. The monoisotopic (exact) mass is 465 g/mol. The van der Waals surface area contributed by atoms with Crippen molar-refractivity contribution in [3.8, 4) is 28.7 Å². The van der Waals surface area contributed by atoms with Crippen molar-refractivity contribution in [1.29, 1.82) is 0 Å². The molecular weight excluding hydrogens is 434 g/mol. The number of hydrogen-bond acceptors (Lipinski definition) is 8. The summed E-state index contributed by atoms with van der Waals surface area (Å²) in [5.74, 6) is 3.45. The van der Waals surface area contributed by atoms with Crippen molar-refractivity contribution in [2.75, 3.05) is 35.5 Å². The molecule has 1 aliphatic rings. The summed E-state index contributed by atoms with van der Waals surface area (Å²) in [7, 11) is 8.24. The fraction of sp³-hybridized carbons (Fsp3) is 0.478. The van der Waals surface area contributed by atoms with Gasteiger partial charge in [-0.1, -0.05) is 0 Å². The molecule has 2 N–H and O–H groups in total. The van der Waals surface area contributed by atoms with Crippen LogP contribution in [0.4, 0.5) is 0 Å². The summed E-state index contributed by atoms with van der Waals surface area (Å²) in [6.45, 7) is 1.97. The molecule has 0 amide bonds. The predicted octanol–water partition coefficient (Wildman–Crippen LogP) is 5.44. The van der Waals surface area contributed by atoms with E-state index in [9.17, 15) is 0 Å². The lowest BCUT2D eigenvalue weighted by Gasteiger charge is -2.19. The van der Waals surface area contributed by atoms with Crippen LogP contribution in [0.1, 0.15) is 41.4 Å². The first-order valence-corrected chi connectivity index (χ1v) is 11.9. The highest BCUT2D eigenvalue weighted by Crippen LogP contribution is 2.56. The van der Waals surface area contributed by atoms with Gasteiger partial charge in [-0.25, -0.2) is 0 Å². The summed E-state index contributed by atoms with van der Waals surface area (Å²) >= 11 is 3.52. The number of methoxy groups -OCH3 is 5. The highest BCUT2D eigenvalue weighted by Gasteiger charge is 2.31. The van der Waals surface area contributed by atoms with E-state index in [1.54, 1.807) is 47.3 Å². The molecule has 1 unspecified atom stereocenters. The molecule has 31 heavy (non-hydrogen) atoms. The molecule has 3 rings (SSSR count). The van der Waals surface area contributed by atoms with Gasteiger partial charge in [0, 0.05) is 10.5 Å². The van der Waals surface area contributed by atoms with Gasteiger partial charge in [-0.05, 0) is 55.2 Å². The Kier molecular flexibility index (Phi) is 8.13. The Hall–Kier alpha value is -1.90. The minimum atomic E-state index is -0.0444. The predicted molar refractivity (Wildman–Crippen MR) is 127 cm³/mol. The van der Waals surface area contributed by atoms with E-state index in [1.807, 2.05) is 30.8 Å². The Labute approximate surface area is 193 Å². The summed E-state index contributed by atoms with van der Waals surface area (Å²) < 4.78 is 27.8. The molecule has 2 aromatic rings. The van der Waals surface area contributed by atoms with E-state index < -0.39 is 0 Å². The molecule has 1 heterocycles. The molecule has 1 aliphatic heterocycles. The van der Waals surface area contributed by atoms with Gasteiger partial charge in [0.05, 0.1) is 45.8 Å². The Morgan fingerprint density at radius 1 is 0.774 bits per heavy atom. The van der Waals surface area contributed by atoms with Crippen LogP contribution in [0.3, 0.4) is 0 Å². The smallest absolute Gasteiger partial charge is 0.203 e. The van der Waals surface area contributed by atoms with E-state index in [4.69, 9.17) is 29.4 Å². The quantitative estimate of drug-likeness (QED) is 0.388. The van der Waals surface area contributed by atoms with Crippen molar-refractivity contribution in [2.24, 2.45) is 5.73 Å². The van der Waals surface area contributed by atoms with E-state index in [-0.39, 0.29) is 5.37 Å². The van der Waals surface area contributed by atoms with Crippen molar-refractivity contribution in [3.63, 3.8) is 0 Å². The summed E-state index contributed by atoms with van der Waals surface area (Å²) in [6, 6.07) is 8.37. The molecule has 0 bridgehead atoms. The largest absolute Gasteiger partial charge is 0.493 e. The highest BCUT2D eigenvalue weighted by molar-refractivity contribution is 8.00. The van der Waals surface area contributed by atoms with Crippen LogP contribution in [-0.2, 0) is 0 Å². The number of rotatable bonds is 9. The van der Waals surface area contributed by atoms with Gasteiger partial charge in [-0.3, -0.25) is 0 Å². The Morgan fingerprint density at radius 3 is 1.65 bits per heavy atom. The molecule has 3 atom stereocenters. The Morgan fingerprint density at radius 2 is 1.23 bits per heavy atom. The van der Waals surface area contributed by atoms with E-state index in [0.717, 1.165) is 29.2 Å². The lowest BCUT2D eigenvalue weighted by atomic mass is 10.0. The lowest BCUT2D eigenvalue weighted by Crippen LogP contribution is -2.09. The third kappa shape index (κ3) is 5.13. The van der Waals surface area contributed by atoms with Crippen LogP contribution in [0, 0.1) is 0 Å². The summed E-state index contributed by atoms with van der Waals surface area (Å²) in [5, 5.41) is 0.629. The second-order valence-corrected chi connectivity index (χ2v) is 10.1. The number of benzene rings is 2. The second-order valence-electron chi connectivity index (χ2n) is 7.23. The number of hydrogen-bond donors (Lipinski definition) is 1. The molecule has 1 fully saturated rings. The van der Waals surface area contributed by atoms with Crippen molar-refractivity contribution in [1.82, 2.24) is 0 Å². The highest BCUT2D eigenvalue weighted by atomic mass is 32.2. The number of thioether (sulfide) groups is 2. The molecule has 0 saturated carbocycles. The molecule has 170 valence electrons. The first-order chi connectivity index (χ1) is 14.9. The van der Waals surface area contributed by atoms with Gasteiger partial charge in [0.2, 0.25) is 5.75 Å². The summed E-state index contributed by atoms with van der Waals surface area (Å²) in [5.41, 5.74) is 8.44.